The zero-order chi connectivity index (χ0) is 47.7. The number of fused-ring (bicyclic) bond motifs is 5. The van der Waals surface area contributed by atoms with Crippen LogP contribution < -0.4 is 42.6 Å². The molecule has 4 bridgehead atoms. The molecule has 0 radical (unpaired) electrons. The number of aryl methyl sites for hydroxylation is 2. The lowest BCUT2D eigenvalue weighted by molar-refractivity contribution is -0.145. The van der Waals surface area contributed by atoms with Crippen molar-refractivity contribution in [3.8, 4) is 39.8 Å². The van der Waals surface area contributed by atoms with Crippen LogP contribution >= 0.6 is 0 Å². The third-order valence-electron chi connectivity index (χ3n) is 11.0. The molecule has 0 aliphatic carbocycles. The number of ether oxygens (including phenoxy) is 3. The average molecular weight is 896 g/mol. The van der Waals surface area contributed by atoms with Crippen LogP contribution in [-0.4, -0.2) is 115 Å². The topological polar surface area (TPSA) is 276 Å². The highest BCUT2D eigenvalue weighted by atomic mass is 16.5. The Morgan fingerprint density at radius 1 is 0.877 bits per heavy atom. The number of likely N-dealkylation sites (N-methyl/N-ethyl adjacent to an activating group) is 1. The van der Waals surface area contributed by atoms with Gasteiger partial charge in [0, 0.05) is 43.2 Å². The minimum absolute atomic E-state index is 0.0145. The van der Waals surface area contributed by atoms with Gasteiger partial charge in [0.15, 0.2) is 17.3 Å². The molecule has 5 rings (SSSR count). The van der Waals surface area contributed by atoms with Crippen LogP contribution in [-0.2, 0) is 35.8 Å². The van der Waals surface area contributed by atoms with E-state index in [-0.39, 0.29) is 90.6 Å². The summed E-state index contributed by atoms with van der Waals surface area (Å²) >= 11 is 0. The van der Waals surface area contributed by atoms with Gasteiger partial charge in [-0.25, -0.2) is 14.8 Å². The van der Waals surface area contributed by atoms with Crippen molar-refractivity contribution in [2.24, 2.45) is 17.2 Å². The second kappa shape index (κ2) is 21.4. The molecule has 0 saturated heterocycles. The summed E-state index contributed by atoms with van der Waals surface area (Å²) in [4.78, 5) is 80.5. The predicted octanol–water partition coefficient (Wildman–Crippen LogP) is 2.47. The summed E-state index contributed by atoms with van der Waals surface area (Å²) in [6.45, 7) is 11.5. The van der Waals surface area contributed by atoms with E-state index in [1.54, 1.807) is 38.1 Å². The Morgan fingerprint density at radius 3 is 2.09 bits per heavy atom. The van der Waals surface area contributed by atoms with Crippen LogP contribution in [0.15, 0.2) is 54.6 Å². The van der Waals surface area contributed by atoms with Gasteiger partial charge < -0.3 is 57.4 Å². The molecule has 4 aromatic rings. The monoisotopic (exact) mass is 895 g/mol. The number of aromatic hydroxyl groups is 1. The van der Waals surface area contributed by atoms with Crippen LogP contribution in [0.1, 0.15) is 78.6 Å². The number of aromatic nitrogens is 2. The maximum absolute atomic E-state index is 14.7. The highest BCUT2D eigenvalue weighted by molar-refractivity contribution is 6.00. The Balaban J connectivity index is 1.58. The van der Waals surface area contributed by atoms with E-state index in [1.165, 1.54) is 27.1 Å². The summed E-state index contributed by atoms with van der Waals surface area (Å²) in [6, 6.07) is 10.6. The van der Waals surface area contributed by atoms with Gasteiger partial charge >= 0.3 is 5.97 Å². The Labute approximate surface area is 379 Å². The van der Waals surface area contributed by atoms with Gasteiger partial charge in [0.2, 0.25) is 17.7 Å². The minimum atomic E-state index is -1.45. The highest BCUT2D eigenvalue weighted by Crippen LogP contribution is 2.44. The summed E-state index contributed by atoms with van der Waals surface area (Å²) < 4.78 is 16.9. The second-order valence-electron chi connectivity index (χ2n) is 16.9. The second-order valence-corrected chi connectivity index (χ2v) is 16.9. The largest absolute Gasteiger partial charge is 0.504 e. The summed E-state index contributed by atoms with van der Waals surface area (Å²) in [6.07, 6.45) is -0.115. The Kier molecular flexibility index (Phi) is 16.2. The normalized spacial score (nSPS) is 16.9. The highest BCUT2D eigenvalue weighted by Gasteiger charge is 2.37. The number of carbonyl (C=O) groups is 5. The van der Waals surface area contributed by atoms with Crippen LogP contribution in [0.3, 0.4) is 0 Å². The summed E-state index contributed by atoms with van der Waals surface area (Å²) in [5.41, 5.74) is 21.5. The number of methoxy groups -OCH3 is 1. The van der Waals surface area contributed by atoms with Crippen LogP contribution in [0.5, 0.6) is 17.2 Å². The first-order chi connectivity index (χ1) is 30.8. The zero-order valence-corrected chi connectivity index (χ0v) is 38.2. The van der Waals surface area contributed by atoms with Gasteiger partial charge in [-0.15, -0.1) is 0 Å². The van der Waals surface area contributed by atoms with Gasteiger partial charge in [0.1, 0.15) is 43.1 Å². The number of phenolic OH excluding ortho intramolecular Hbond substituents is 1. The molecule has 0 fully saturated rings. The number of esters is 1. The molecular formula is C47H61N9O9. The van der Waals surface area contributed by atoms with Gasteiger partial charge in [-0.2, -0.15) is 0 Å². The maximum Gasteiger partial charge on any atom is 0.328 e. The van der Waals surface area contributed by atoms with Crippen LogP contribution in [0.4, 0.5) is 0 Å². The third-order valence-corrected chi connectivity index (χ3v) is 11.0. The molecule has 1 aromatic heterocycles. The summed E-state index contributed by atoms with van der Waals surface area (Å²) in [5.74, 6) is -3.18. The lowest BCUT2D eigenvalue weighted by Gasteiger charge is -2.32. The van der Waals surface area contributed by atoms with Crippen molar-refractivity contribution in [3.05, 3.63) is 88.2 Å². The van der Waals surface area contributed by atoms with E-state index in [0.717, 1.165) is 16.0 Å². The van der Waals surface area contributed by atoms with Crippen molar-refractivity contribution in [1.82, 2.24) is 30.8 Å². The number of hydrogen-bond donors (Lipinski definition) is 7. The molecule has 1 aliphatic rings. The van der Waals surface area contributed by atoms with E-state index in [1.807, 2.05) is 24.3 Å². The number of rotatable bonds is 14. The van der Waals surface area contributed by atoms with E-state index >= 15 is 0 Å². The van der Waals surface area contributed by atoms with Crippen molar-refractivity contribution in [2.45, 2.75) is 84.0 Å². The molecule has 18 heteroatoms. The fourth-order valence-electron chi connectivity index (χ4n) is 7.59. The first-order valence-electron chi connectivity index (χ1n) is 21.4. The SMILES string of the molecule is COC(=O)[C@@H]1Cc2cc(OCCN)c(O)c(c2)-c2cc(ccc2OCCN)[C@H](N(C)C(=O)[C@@H](CCN)NC(=O)c2c(C)nc(-c3ccc(C(C)(C)C)cc3)nc2C)C(=O)N[C@H](C)C(=O)N1. The smallest absolute Gasteiger partial charge is 0.328 e. The van der Waals surface area contributed by atoms with Crippen LogP contribution in [0, 0.1) is 13.8 Å². The van der Waals surface area contributed by atoms with E-state index < -0.39 is 53.8 Å². The zero-order valence-electron chi connectivity index (χ0n) is 38.2. The molecular weight excluding hydrogens is 835 g/mol. The molecule has 0 unspecified atom stereocenters. The first-order valence-corrected chi connectivity index (χ1v) is 21.4. The Morgan fingerprint density at radius 2 is 1.51 bits per heavy atom. The number of hydrogen-bond acceptors (Lipinski definition) is 14. The summed E-state index contributed by atoms with van der Waals surface area (Å²) in [5, 5.41) is 19.8. The lowest BCUT2D eigenvalue weighted by atomic mass is 9.86. The molecule has 4 atom stereocenters. The fraction of sp³-hybridized carbons (Fsp3) is 0.426. The number of amides is 4. The average Bonchev–Trinajstić information content (AvgIpc) is 3.26. The molecule has 65 heavy (non-hydrogen) atoms. The fourth-order valence-corrected chi connectivity index (χ4v) is 7.59. The van der Waals surface area contributed by atoms with Crippen molar-refractivity contribution in [2.75, 3.05) is 47.0 Å². The van der Waals surface area contributed by atoms with Gasteiger partial charge in [-0.1, -0.05) is 51.1 Å². The molecule has 0 saturated carbocycles. The van der Waals surface area contributed by atoms with E-state index in [0.29, 0.717) is 22.8 Å². The predicted molar refractivity (Wildman–Crippen MR) is 244 cm³/mol. The number of carbonyl (C=O) groups excluding carboxylic acids is 5. The number of benzene rings is 3. The molecule has 348 valence electrons. The van der Waals surface area contributed by atoms with Gasteiger partial charge in [-0.3, -0.25) is 19.2 Å². The van der Waals surface area contributed by atoms with Gasteiger partial charge in [0.05, 0.1) is 24.1 Å². The van der Waals surface area contributed by atoms with Crippen molar-refractivity contribution in [3.63, 3.8) is 0 Å². The van der Waals surface area contributed by atoms with Gasteiger partial charge in [-0.05, 0) is 80.1 Å². The van der Waals surface area contributed by atoms with E-state index in [9.17, 15) is 29.1 Å². The Hall–Kier alpha value is -6.63. The van der Waals surface area contributed by atoms with Crippen LogP contribution in [0.25, 0.3) is 22.5 Å². The van der Waals surface area contributed by atoms with Crippen molar-refractivity contribution >= 4 is 29.6 Å². The van der Waals surface area contributed by atoms with E-state index in [2.05, 4.69) is 46.7 Å². The third kappa shape index (κ3) is 11.6. The lowest BCUT2D eigenvalue weighted by Crippen LogP contribution is -2.55. The van der Waals surface area contributed by atoms with Gasteiger partial charge in [0.25, 0.3) is 5.91 Å². The number of phenols is 1. The number of nitrogens with two attached hydrogens (primary N) is 3. The molecule has 10 N–H and O–H groups in total. The number of nitrogens with zero attached hydrogens (tertiary/aromatic N) is 3. The van der Waals surface area contributed by atoms with Crippen molar-refractivity contribution in [1.29, 1.82) is 0 Å². The molecule has 3 aromatic carbocycles. The summed E-state index contributed by atoms with van der Waals surface area (Å²) in [7, 11) is 2.56. The van der Waals surface area contributed by atoms with E-state index in [4.69, 9.17) is 31.4 Å². The minimum Gasteiger partial charge on any atom is -0.504 e. The molecule has 0 spiro atoms. The standard InChI is InChI=1S/C47H61N9O9/c1-25-38(26(2)52-41(51-25)29-9-12-31(13-10-29)47(4,5)6)43(59)54-34(15-16-48)45(61)56(7)39-30-11-14-36(64-19-17-49)32(24-30)33-21-28(23-37(40(33)57)65-20-18-50)22-35(46(62)63-8)55-42(58)27(3)53-44(39)60/h9-14,21,23-24,27,34-35,39,57H,15-20,22,48-50H2,1-8H3,(H,53,60)(H,54,59)(H,55,58)/t27-,34-,35+,39+/m1/s1. The molecule has 4 amide bonds. The quantitative estimate of drug-likeness (QED) is 0.0897. The molecule has 2 heterocycles. The number of nitrogens with one attached hydrogen (secondary N) is 3. The van der Waals surface area contributed by atoms with Crippen LogP contribution in [0.2, 0.25) is 0 Å². The first kappa shape index (κ1) is 49.4. The molecule has 18 nitrogen and oxygen atoms in total. The van der Waals surface area contributed by atoms with Crippen molar-refractivity contribution < 1.29 is 43.3 Å². The Bertz CT molecular complexity index is 2380. The molecule has 1 aliphatic heterocycles. The maximum atomic E-state index is 14.7.